The average Bonchev–Trinajstić information content (AvgIpc) is 3.03. The fraction of sp³-hybridized carbons (Fsp3) is 0.194. The third kappa shape index (κ3) is 8.02. The molecule has 7 N–H and O–H groups in total. The molecule has 48 heavy (non-hydrogen) atoms. The molecule has 0 saturated heterocycles. The summed E-state index contributed by atoms with van der Waals surface area (Å²) in [7, 11) is -5.84. The third-order valence-corrected chi connectivity index (χ3v) is 8.26. The first-order valence-corrected chi connectivity index (χ1v) is 15.5. The summed E-state index contributed by atoms with van der Waals surface area (Å²) >= 11 is 0. The van der Waals surface area contributed by atoms with Crippen LogP contribution in [-0.2, 0) is 43.4 Å². The molecule has 1 aromatic heterocycles. The molecule has 3 aromatic carbocycles. The lowest BCUT2D eigenvalue weighted by molar-refractivity contribution is -0.166. The van der Waals surface area contributed by atoms with E-state index in [2.05, 4.69) is 15.6 Å². The number of nitrogens with two attached hydrogens (primary N) is 1. The lowest BCUT2D eigenvalue weighted by atomic mass is 9.99. The summed E-state index contributed by atoms with van der Waals surface area (Å²) in [4.78, 5) is 72.1. The fourth-order valence-electron chi connectivity index (χ4n) is 4.60. The van der Waals surface area contributed by atoms with Crippen LogP contribution >= 0.6 is 7.60 Å². The highest BCUT2D eigenvalue weighted by Crippen LogP contribution is 2.59. The van der Waals surface area contributed by atoms with Crippen LogP contribution in [0.4, 0.5) is 17.6 Å². The van der Waals surface area contributed by atoms with E-state index in [1.807, 2.05) is 0 Å². The van der Waals surface area contributed by atoms with Crippen LogP contribution in [0, 0.1) is 0 Å². The number of hydrogen-bond acceptors (Lipinski definition) is 6. The molecule has 252 valence electrons. The third-order valence-electron chi connectivity index (χ3n) is 7.27. The number of amides is 3. The Labute approximate surface area is 269 Å². The van der Waals surface area contributed by atoms with Crippen molar-refractivity contribution in [3.8, 4) is 0 Å². The van der Waals surface area contributed by atoms with Crippen LogP contribution in [0.5, 0.6) is 0 Å². The SMILES string of the molecule is NC(=O)C(Cc1ccc(C(F)(F)P(=O)(O)O)cc1)NC(=O)C(Cc1ccc(C(F)(F)C(=O)O)cc1)NC(=O)c1cnc2ccccc2c1. The zero-order valence-electron chi connectivity index (χ0n) is 24.5. The predicted molar refractivity (Wildman–Crippen MR) is 162 cm³/mol. The van der Waals surface area contributed by atoms with Crippen LogP contribution in [0.25, 0.3) is 10.9 Å². The van der Waals surface area contributed by atoms with Crippen molar-refractivity contribution in [1.82, 2.24) is 15.6 Å². The smallest absolute Gasteiger partial charge is 0.399 e. The van der Waals surface area contributed by atoms with Crippen molar-refractivity contribution in [2.24, 2.45) is 5.73 Å². The van der Waals surface area contributed by atoms with Gasteiger partial charge in [0, 0.05) is 35.6 Å². The molecule has 0 saturated carbocycles. The van der Waals surface area contributed by atoms with Crippen molar-refractivity contribution >= 4 is 42.2 Å². The fourth-order valence-corrected chi connectivity index (χ4v) is 5.08. The molecule has 0 aliphatic rings. The Morgan fingerprint density at radius 3 is 1.90 bits per heavy atom. The number of carbonyl (C=O) groups is 4. The Balaban J connectivity index is 1.58. The summed E-state index contributed by atoms with van der Waals surface area (Å²) in [5, 5.41) is 14.3. The largest absolute Gasteiger partial charge is 0.477 e. The van der Waals surface area contributed by atoms with Crippen LogP contribution in [0.1, 0.15) is 32.6 Å². The van der Waals surface area contributed by atoms with Crippen LogP contribution in [0.3, 0.4) is 0 Å². The van der Waals surface area contributed by atoms with Gasteiger partial charge in [-0.3, -0.25) is 23.9 Å². The number of nitrogens with zero attached hydrogens (tertiary/aromatic N) is 1. The van der Waals surface area contributed by atoms with E-state index in [1.165, 1.54) is 12.3 Å². The highest BCUT2D eigenvalue weighted by atomic mass is 31.2. The van der Waals surface area contributed by atoms with Crippen LogP contribution in [0.2, 0.25) is 0 Å². The quantitative estimate of drug-likeness (QED) is 0.0898. The predicted octanol–water partition coefficient (Wildman–Crippen LogP) is 3.19. The molecule has 1 heterocycles. The summed E-state index contributed by atoms with van der Waals surface area (Å²) in [6.07, 6.45) is 0.591. The Bertz CT molecular complexity index is 1900. The maximum absolute atomic E-state index is 14.0. The second-order valence-electron chi connectivity index (χ2n) is 10.7. The zero-order chi connectivity index (χ0) is 35.4. The van der Waals surface area contributed by atoms with E-state index in [-0.39, 0.29) is 29.5 Å². The summed E-state index contributed by atoms with van der Waals surface area (Å²) in [5.74, 6) is -9.33. The molecule has 2 unspecified atom stereocenters. The molecule has 3 amide bonds. The minimum Gasteiger partial charge on any atom is -0.477 e. The molecule has 4 rings (SSSR count). The number of hydrogen-bond donors (Lipinski definition) is 6. The van der Waals surface area contributed by atoms with Gasteiger partial charge in [-0.1, -0.05) is 66.7 Å². The maximum atomic E-state index is 14.0. The number of carbonyl (C=O) groups excluding carboxylic acids is 3. The van der Waals surface area contributed by atoms with E-state index in [4.69, 9.17) is 20.6 Å². The Morgan fingerprint density at radius 1 is 0.812 bits per heavy atom. The van der Waals surface area contributed by atoms with Gasteiger partial charge in [0.05, 0.1) is 11.1 Å². The molecule has 0 spiro atoms. The van der Waals surface area contributed by atoms with Crippen molar-refractivity contribution in [3.05, 3.63) is 113 Å². The van der Waals surface area contributed by atoms with Crippen LogP contribution < -0.4 is 16.4 Å². The van der Waals surface area contributed by atoms with Gasteiger partial charge in [-0.15, -0.1) is 0 Å². The first kappa shape index (κ1) is 35.7. The number of pyridine rings is 1. The van der Waals surface area contributed by atoms with E-state index in [0.717, 1.165) is 48.5 Å². The molecule has 2 atom stereocenters. The van der Waals surface area contributed by atoms with Crippen LogP contribution in [0.15, 0.2) is 85.1 Å². The topological polar surface area (TPSA) is 209 Å². The van der Waals surface area contributed by atoms with E-state index in [0.29, 0.717) is 10.9 Å². The minimum atomic E-state index is -5.84. The lowest BCUT2D eigenvalue weighted by Crippen LogP contribution is -2.54. The second-order valence-corrected chi connectivity index (χ2v) is 12.3. The molecule has 0 fully saturated rings. The van der Waals surface area contributed by atoms with Gasteiger partial charge in [0.1, 0.15) is 12.1 Å². The molecule has 17 heteroatoms. The van der Waals surface area contributed by atoms with Crippen molar-refractivity contribution in [3.63, 3.8) is 0 Å². The van der Waals surface area contributed by atoms with Gasteiger partial charge in [-0.25, -0.2) is 4.79 Å². The Hall–Kier alpha value is -5.18. The minimum absolute atomic E-state index is 0.0570. The molecule has 0 aliphatic heterocycles. The molecule has 12 nitrogen and oxygen atoms in total. The van der Waals surface area contributed by atoms with Gasteiger partial charge in [0.15, 0.2) is 0 Å². The Morgan fingerprint density at radius 2 is 1.35 bits per heavy atom. The van der Waals surface area contributed by atoms with E-state index >= 15 is 0 Å². The Kier molecular flexibility index (Phi) is 10.3. The second kappa shape index (κ2) is 13.9. The molecular weight excluding hydrogens is 663 g/mol. The van der Waals surface area contributed by atoms with Gasteiger partial charge in [0.2, 0.25) is 11.8 Å². The van der Waals surface area contributed by atoms with Gasteiger partial charge < -0.3 is 31.3 Å². The number of carboxylic acid groups (broad SMARTS) is 1. The van der Waals surface area contributed by atoms with Crippen LogP contribution in [-0.4, -0.2) is 55.7 Å². The van der Waals surface area contributed by atoms with E-state index in [9.17, 15) is 41.3 Å². The van der Waals surface area contributed by atoms with E-state index < -0.39 is 66.1 Å². The number of carboxylic acids is 1. The zero-order valence-corrected chi connectivity index (χ0v) is 25.4. The number of aromatic nitrogens is 1. The molecule has 0 radical (unpaired) electrons. The molecule has 4 aromatic rings. The van der Waals surface area contributed by atoms with Gasteiger partial charge in [0.25, 0.3) is 5.91 Å². The number of benzene rings is 3. The van der Waals surface area contributed by atoms with Crippen molar-refractivity contribution < 1.29 is 56.2 Å². The van der Waals surface area contributed by atoms with Crippen molar-refractivity contribution in [2.45, 2.75) is 36.5 Å². The number of rotatable bonds is 13. The number of halogens is 4. The van der Waals surface area contributed by atoms with Gasteiger partial charge >= 0.3 is 25.2 Å². The number of alkyl halides is 4. The normalized spacial score (nSPS) is 13.4. The number of para-hydroxylation sites is 1. The van der Waals surface area contributed by atoms with Gasteiger partial charge in [-0.05, 0) is 23.3 Å². The lowest BCUT2D eigenvalue weighted by Gasteiger charge is -2.23. The monoisotopic (exact) mass is 690 g/mol. The highest BCUT2D eigenvalue weighted by molar-refractivity contribution is 7.52. The standard InChI is InChI=1S/C31H27F4N4O8P/c32-30(33,29(43)44)21-9-5-18(6-10-21)14-25(39-27(41)20-15-19-3-1-2-4-23(19)37-16-20)28(42)38-24(26(36)40)13-17-7-11-22(12-8-17)31(34,35)48(45,46)47/h1-12,15-16,24-25H,13-14H2,(H2,36,40)(H,38,42)(H,39,41)(H,43,44)(H2,45,46,47). The number of nitrogens with one attached hydrogen (secondary N) is 2. The van der Waals surface area contributed by atoms with E-state index in [1.54, 1.807) is 24.3 Å². The highest BCUT2D eigenvalue weighted by Gasteiger charge is 2.50. The first-order chi connectivity index (χ1) is 22.4. The van der Waals surface area contributed by atoms with Crippen molar-refractivity contribution in [2.75, 3.05) is 0 Å². The summed E-state index contributed by atoms with van der Waals surface area (Å²) in [5.41, 5.74) is 0.214. The average molecular weight is 691 g/mol. The summed E-state index contributed by atoms with van der Waals surface area (Å²) < 4.78 is 67.2. The molecular formula is C31H27F4N4O8P. The number of primary amides is 1. The maximum Gasteiger partial charge on any atom is 0.399 e. The molecule has 0 aliphatic carbocycles. The van der Waals surface area contributed by atoms with Gasteiger partial charge in [-0.2, -0.15) is 17.6 Å². The first-order valence-electron chi connectivity index (χ1n) is 13.9. The number of fused-ring (bicyclic) bond motifs is 1. The summed E-state index contributed by atoms with van der Waals surface area (Å²) in [6, 6.07) is 13.0. The van der Waals surface area contributed by atoms with Crippen molar-refractivity contribution in [1.29, 1.82) is 0 Å². The number of aliphatic carboxylic acids is 1. The summed E-state index contributed by atoms with van der Waals surface area (Å²) in [6.45, 7) is 0. The molecule has 0 bridgehead atoms.